The van der Waals surface area contributed by atoms with Gasteiger partial charge in [-0.2, -0.15) is 4.98 Å². The number of thiophene rings is 1. The number of aromatic nitrogens is 2. The summed E-state index contributed by atoms with van der Waals surface area (Å²) < 4.78 is 5.39. The second-order valence-corrected chi connectivity index (χ2v) is 9.94. The minimum Gasteiger partial charge on any atom is -0.344 e. The van der Waals surface area contributed by atoms with Gasteiger partial charge in [0, 0.05) is 46.2 Å². The largest absolute Gasteiger partial charge is 0.344 e. The maximum Gasteiger partial charge on any atom is 0.236 e. The number of likely N-dealkylation sites (N-methyl/N-ethyl adjacent to an activating group) is 1. The van der Waals surface area contributed by atoms with E-state index in [0.29, 0.717) is 24.2 Å². The number of rotatable bonds is 9. The summed E-state index contributed by atoms with van der Waals surface area (Å²) in [5.41, 5.74) is 0. The summed E-state index contributed by atoms with van der Waals surface area (Å²) in [6.07, 6.45) is 8.42. The van der Waals surface area contributed by atoms with Crippen LogP contribution in [0, 0.1) is 5.92 Å². The van der Waals surface area contributed by atoms with Crippen LogP contribution in [-0.4, -0.2) is 83.6 Å². The number of aryl methyl sites for hydroxylation is 1. The van der Waals surface area contributed by atoms with Crippen molar-refractivity contribution < 1.29 is 9.32 Å². The number of hydrogen-bond acceptors (Lipinski definition) is 7. The summed E-state index contributed by atoms with van der Waals surface area (Å²) in [5.74, 6) is 2.39. The van der Waals surface area contributed by atoms with Crippen molar-refractivity contribution in [2.75, 3.05) is 52.9 Å². The molecule has 0 atom stereocenters. The van der Waals surface area contributed by atoms with Gasteiger partial charge in [0.25, 0.3) is 0 Å². The van der Waals surface area contributed by atoms with Gasteiger partial charge in [-0.3, -0.25) is 9.69 Å². The lowest BCUT2D eigenvalue weighted by atomic mass is 9.89. The van der Waals surface area contributed by atoms with Crippen molar-refractivity contribution in [3.63, 3.8) is 0 Å². The standard InChI is InChI=1S/C23H35N5O2S/c1-26(17-19-7-3-2-4-8-19)22(29)18-28-14-12-27(13-15-28)11-5-10-21-24-23(25-30-21)20-9-6-16-31-20/h6,9,16,19H,2-5,7-8,10-15,17-18H2,1H3. The van der Waals surface area contributed by atoms with Crippen LogP contribution in [0.1, 0.15) is 44.4 Å². The molecule has 3 heterocycles. The second-order valence-electron chi connectivity index (χ2n) is 8.99. The van der Waals surface area contributed by atoms with Crippen molar-refractivity contribution in [3.05, 3.63) is 23.4 Å². The van der Waals surface area contributed by atoms with Crippen LogP contribution in [-0.2, 0) is 11.2 Å². The third-order valence-electron chi connectivity index (χ3n) is 6.58. The summed E-state index contributed by atoms with van der Waals surface area (Å²) in [7, 11) is 1.98. The topological polar surface area (TPSA) is 65.7 Å². The van der Waals surface area contributed by atoms with E-state index < -0.39 is 0 Å². The van der Waals surface area contributed by atoms with Gasteiger partial charge in [-0.1, -0.05) is 30.5 Å². The Labute approximate surface area is 189 Å². The molecule has 2 aromatic rings. The molecule has 0 bridgehead atoms. The van der Waals surface area contributed by atoms with Gasteiger partial charge in [-0.25, -0.2) is 0 Å². The fourth-order valence-electron chi connectivity index (χ4n) is 4.66. The third-order valence-corrected chi connectivity index (χ3v) is 7.45. The van der Waals surface area contributed by atoms with E-state index in [1.807, 2.05) is 29.5 Å². The Balaban J connectivity index is 1.11. The van der Waals surface area contributed by atoms with Gasteiger partial charge in [0.2, 0.25) is 17.6 Å². The summed E-state index contributed by atoms with van der Waals surface area (Å²) >= 11 is 1.63. The number of carbonyl (C=O) groups is 1. The number of hydrogen-bond donors (Lipinski definition) is 0. The van der Waals surface area contributed by atoms with E-state index in [1.165, 1.54) is 32.1 Å². The quantitative estimate of drug-likeness (QED) is 0.590. The lowest BCUT2D eigenvalue weighted by molar-refractivity contribution is -0.132. The molecule has 2 aromatic heterocycles. The minimum atomic E-state index is 0.275. The molecule has 8 heteroatoms. The number of amides is 1. The van der Waals surface area contributed by atoms with Gasteiger partial charge in [0.15, 0.2) is 0 Å². The van der Waals surface area contributed by atoms with Gasteiger partial charge in [0.05, 0.1) is 11.4 Å². The van der Waals surface area contributed by atoms with Crippen LogP contribution in [0.15, 0.2) is 22.0 Å². The summed E-state index contributed by atoms with van der Waals surface area (Å²) in [6, 6.07) is 4.01. The zero-order valence-corrected chi connectivity index (χ0v) is 19.5. The maximum atomic E-state index is 12.6. The van der Waals surface area contributed by atoms with E-state index in [2.05, 4.69) is 19.9 Å². The Morgan fingerprint density at radius 3 is 2.71 bits per heavy atom. The fourth-order valence-corrected chi connectivity index (χ4v) is 5.31. The molecule has 31 heavy (non-hydrogen) atoms. The molecule has 170 valence electrons. The van der Waals surface area contributed by atoms with Crippen LogP contribution < -0.4 is 0 Å². The third kappa shape index (κ3) is 6.60. The van der Waals surface area contributed by atoms with Gasteiger partial charge in [-0.05, 0) is 43.2 Å². The van der Waals surface area contributed by atoms with E-state index >= 15 is 0 Å². The first-order valence-corrected chi connectivity index (χ1v) is 12.6. The van der Waals surface area contributed by atoms with E-state index in [9.17, 15) is 4.79 Å². The monoisotopic (exact) mass is 445 g/mol. The Hall–Kier alpha value is -1.77. The number of carbonyl (C=O) groups excluding carboxylic acids is 1. The van der Waals surface area contributed by atoms with Gasteiger partial charge in [-0.15, -0.1) is 11.3 Å². The van der Waals surface area contributed by atoms with Crippen molar-refractivity contribution >= 4 is 17.2 Å². The van der Waals surface area contributed by atoms with Crippen LogP contribution in [0.4, 0.5) is 0 Å². The van der Waals surface area contributed by atoms with Gasteiger partial charge in [0.1, 0.15) is 0 Å². The molecular formula is C23H35N5O2S. The second kappa shape index (κ2) is 11.2. The first-order chi connectivity index (χ1) is 15.2. The Morgan fingerprint density at radius 1 is 1.19 bits per heavy atom. The summed E-state index contributed by atoms with van der Waals surface area (Å²) in [6.45, 7) is 6.49. The van der Waals surface area contributed by atoms with E-state index in [1.54, 1.807) is 11.3 Å². The predicted molar refractivity (Wildman–Crippen MR) is 123 cm³/mol. The highest BCUT2D eigenvalue weighted by Gasteiger charge is 2.22. The highest BCUT2D eigenvalue weighted by molar-refractivity contribution is 7.13. The van der Waals surface area contributed by atoms with E-state index in [-0.39, 0.29) is 5.91 Å². The first-order valence-electron chi connectivity index (χ1n) is 11.7. The zero-order chi connectivity index (χ0) is 21.5. The maximum absolute atomic E-state index is 12.6. The average Bonchev–Trinajstić information content (AvgIpc) is 3.48. The first kappa shape index (κ1) is 22.4. The molecule has 2 aliphatic rings. The van der Waals surface area contributed by atoms with E-state index in [0.717, 1.165) is 57.0 Å². The molecule has 0 N–H and O–H groups in total. The van der Waals surface area contributed by atoms with Crippen LogP contribution in [0.3, 0.4) is 0 Å². The van der Waals surface area contributed by atoms with Crippen LogP contribution in [0.5, 0.6) is 0 Å². The van der Waals surface area contributed by atoms with Crippen molar-refractivity contribution in [2.45, 2.75) is 44.9 Å². The van der Waals surface area contributed by atoms with Crippen molar-refractivity contribution in [1.82, 2.24) is 24.8 Å². The lowest BCUT2D eigenvalue weighted by Crippen LogP contribution is -2.50. The Morgan fingerprint density at radius 2 is 1.97 bits per heavy atom. The summed E-state index contributed by atoms with van der Waals surface area (Å²) in [4.78, 5) is 24.9. The number of piperazine rings is 1. The summed E-state index contributed by atoms with van der Waals surface area (Å²) in [5, 5.41) is 6.10. The minimum absolute atomic E-state index is 0.275. The highest BCUT2D eigenvalue weighted by Crippen LogP contribution is 2.24. The van der Waals surface area contributed by atoms with Gasteiger partial charge < -0.3 is 14.3 Å². The van der Waals surface area contributed by atoms with Crippen LogP contribution >= 0.6 is 11.3 Å². The van der Waals surface area contributed by atoms with Crippen LogP contribution in [0.2, 0.25) is 0 Å². The molecule has 1 saturated heterocycles. The molecule has 1 aliphatic heterocycles. The number of nitrogens with zero attached hydrogens (tertiary/aromatic N) is 5. The average molecular weight is 446 g/mol. The van der Waals surface area contributed by atoms with Crippen molar-refractivity contribution in [3.8, 4) is 10.7 Å². The molecular weight excluding hydrogens is 410 g/mol. The molecule has 4 rings (SSSR count). The molecule has 2 fully saturated rings. The Bertz CT molecular complexity index is 795. The van der Waals surface area contributed by atoms with E-state index in [4.69, 9.17) is 4.52 Å². The van der Waals surface area contributed by atoms with Crippen molar-refractivity contribution in [2.24, 2.45) is 5.92 Å². The zero-order valence-electron chi connectivity index (χ0n) is 18.7. The predicted octanol–water partition coefficient (Wildman–Crippen LogP) is 3.39. The molecule has 0 unspecified atom stereocenters. The molecule has 0 radical (unpaired) electrons. The molecule has 0 spiro atoms. The molecule has 7 nitrogen and oxygen atoms in total. The normalized spacial score (nSPS) is 19.0. The molecule has 1 saturated carbocycles. The van der Waals surface area contributed by atoms with Crippen molar-refractivity contribution in [1.29, 1.82) is 0 Å². The molecule has 0 aromatic carbocycles. The Kier molecular flexibility index (Phi) is 8.10. The molecule has 1 amide bonds. The van der Waals surface area contributed by atoms with Gasteiger partial charge >= 0.3 is 0 Å². The SMILES string of the molecule is CN(CC1CCCCC1)C(=O)CN1CCN(CCCc2nc(-c3cccs3)no2)CC1. The van der Waals surface area contributed by atoms with Crippen LogP contribution in [0.25, 0.3) is 10.7 Å². The lowest BCUT2D eigenvalue weighted by Gasteiger charge is -2.35. The highest BCUT2D eigenvalue weighted by atomic mass is 32.1. The fraction of sp³-hybridized carbons (Fsp3) is 0.696. The molecule has 1 aliphatic carbocycles. The smallest absolute Gasteiger partial charge is 0.236 e.